The van der Waals surface area contributed by atoms with Crippen LogP contribution in [-0.2, 0) is 24.3 Å². The molecule has 2 N–H and O–H groups in total. The summed E-state index contributed by atoms with van der Waals surface area (Å²) < 4.78 is 5.14. The van der Waals surface area contributed by atoms with E-state index in [0.29, 0.717) is 36.7 Å². The average molecular weight is 648 g/mol. The Morgan fingerprint density at radius 2 is 1.46 bits per heavy atom. The number of alkyl carbamates (subject to hydrolysis) is 1. The number of aliphatic imine (C=N–C) groups is 2. The number of aliphatic hydroxyl groups is 1. The topological polar surface area (TPSA) is 120 Å². The summed E-state index contributed by atoms with van der Waals surface area (Å²) in [7, 11) is 1.61. The summed E-state index contributed by atoms with van der Waals surface area (Å²) in [5.74, 6) is 1.96. The molecule has 0 unspecified atom stereocenters. The number of carbonyl (C=O) groups excluding carboxylic acids is 1. The van der Waals surface area contributed by atoms with Gasteiger partial charge in [-0.3, -0.25) is 4.99 Å². The normalized spacial score (nSPS) is 11.4. The van der Waals surface area contributed by atoms with Crippen LogP contribution in [0.3, 0.4) is 0 Å². The molecule has 206 valence electrons. The molecule has 0 aromatic rings. The first-order valence-electron chi connectivity index (χ1n) is 9.90. The first-order valence-corrected chi connectivity index (χ1v) is 19.1. The molecule has 0 heterocycles. The highest BCUT2D eigenvalue weighted by Crippen LogP contribution is 2.22. The van der Waals surface area contributed by atoms with Gasteiger partial charge in [-0.25, -0.2) is 9.79 Å². The minimum atomic E-state index is -0.379. The minimum absolute atomic E-state index is 0.0810. The summed E-state index contributed by atoms with van der Waals surface area (Å²) in [5, 5.41) is 16.9. The van der Waals surface area contributed by atoms with Crippen LogP contribution in [0.15, 0.2) is 9.98 Å². The lowest BCUT2D eigenvalue weighted by Gasteiger charge is -2.07. The van der Waals surface area contributed by atoms with Crippen molar-refractivity contribution >= 4 is 113 Å². The van der Waals surface area contributed by atoms with Crippen molar-refractivity contribution in [2.75, 3.05) is 74.4 Å². The molecule has 0 atom stereocenters. The third-order valence-corrected chi connectivity index (χ3v) is 11.9. The van der Waals surface area contributed by atoms with Crippen LogP contribution in [-0.4, -0.2) is 98.4 Å². The average Bonchev–Trinajstić information content (AvgIpc) is 2.86. The Morgan fingerprint density at radius 3 is 2.17 bits per heavy atom. The molecule has 0 aliphatic heterocycles. The lowest BCUT2D eigenvalue weighted by Crippen LogP contribution is -2.23. The van der Waals surface area contributed by atoms with Gasteiger partial charge in [0.25, 0.3) is 0 Å². The van der Waals surface area contributed by atoms with Gasteiger partial charge in [0.15, 0.2) is 0 Å². The van der Waals surface area contributed by atoms with E-state index in [1.807, 2.05) is 23.5 Å². The highest BCUT2D eigenvalue weighted by Gasteiger charge is 2.01. The molecule has 10 nitrogen and oxygen atoms in total. The van der Waals surface area contributed by atoms with Crippen LogP contribution in [0.1, 0.15) is 6.42 Å². The maximum Gasteiger partial charge on any atom is 0.408 e. The van der Waals surface area contributed by atoms with E-state index in [4.69, 9.17) is 24.5 Å². The second-order valence-corrected chi connectivity index (χ2v) is 15.3. The van der Waals surface area contributed by atoms with E-state index in [-0.39, 0.29) is 12.7 Å². The highest BCUT2D eigenvalue weighted by molar-refractivity contribution is 8.26. The van der Waals surface area contributed by atoms with E-state index >= 15 is 0 Å². The maximum absolute atomic E-state index is 11.6. The zero-order chi connectivity index (χ0) is 25.5. The zero-order valence-electron chi connectivity index (χ0n) is 19.4. The lowest BCUT2D eigenvalue weighted by atomic mass is 10.5. The maximum atomic E-state index is 11.6. The van der Waals surface area contributed by atoms with E-state index in [9.17, 15) is 4.79 Å². The second-order valence-electron chi connectivity index (χ2n) is 5.32. The molecule has 0 aliphatic rings. The number of carbonyl (C=O) groups is 1. The Kier molecular flexibility index (Phi) is 33.8. The zero-order valence-corrected chi connectivity index (χ0v) is 25.9. The van der Waals surface area contributed by atoms with Gasteiger partial charge in [-0.2, -0.15) is 9.78 Å². The van der Waals surface area contributed by atoms with Crippen molar-refractivity contribution in [3.05, 3.63) is 0 Å². The quantitative estimate of drug-likeness (QED) is 0.0306. The Balaban J connectivity index is 3.19. The van der Waals surface area contributed by atoms with Gasteiger partial charge in [-0.05, 0) is 6.42 Å². The van der Waals surface area contributed by atoms with Crippen molar-refractivity contribution in [3.63, 3.8) is 0 Å². The molecule has 0 saturated carbocycles. The van der Waals surface area contributed by atoms with Gasteiger partial charge in [-0.1, -0.05) is 0 Å². The fourth-order valence-electron chi connectivity index (χ4n) is 1.34. The van der Waals surface area contributed by atoms with Gasteiger partial charge < -0.3 is 24.9 Å². The number of hydrogen-bond donors (Lipinski definition) is 2. The van der Waals surface area contributed by atoms with Crippen molar-refractivity contribution in [1.29, 1.82) is 0 Å². The summed E-state index contributed by atoms with van der Waals surface area (Å²) >= 11 is 13.8. The molecule has 0 aliphatic carbocycles. The van der Waals surface area contributed by atoms with Gasteiger partial charge in [-0.15, -0.1) is 94.1 Å². The Labute approximate surface area is 241 Å². The Morgan fingerprint density at radius 1 is 0.829 bits per heavy atom. The SMILES string of the molecule is CN=COOCSCSCSCSCOC(=O)NCSCSCSCSC/N=C/OOCCCO. The molecule has 0 radical (unpaired) electrons. The second kappa shape index (κ2) is 32.9. The molecule has 0 saturated heterocycles. The standard InChI is InChI=1S/C17H33N3O7S8/c1-18-5-25-27-10-31-14-35-16-34-13-30-9-23-17(22)20-8-29-12-33-15-32-11-28-7-19-6-26-24-4-2-3-21/h5-6,21H,2-4,7-16H2,1H3,(H,20,22)/b18-5?,19-6+. The van der Waals surface area contributed by atoms with Crippen LogP contribution in [0.25, 0.3) is 0 Å². The molecule has 35 heavy (non-hydrogen) atoms. The third kappa shape index (κ3) is 32.9. The summed E-state index contributed by atoms with van der Waals surface area (Å²) in [4.78, 5) is 38.3. The van der Waals surface area contributed by atoms with Gasteiger partial charge >= 0.3 is 6.09 Å². The van der Waals surface area contributed by atoms with Gasteiger partial charge in [0.1, 0.15) is 11.9 Å². The number of nitrogens with one attached hydrogen (secondary N) is 1. The van der Waals surface area contributed by atoms with E-state index in [1.54, 1.807) is 77.6 Å². The molecule has 18 heteroatoms. The fourth-order valence-corrected chi connectivity index (χ4v) is 9.59. The van der Waals surface area contributed by atoms with Crippen molar-refractivity contribution in [2.24, 2.45) is 9.98 Å². The molecule has 0 rings (SSSR count). The molecule has 0 aromatic heterocycles. The number of nitrogens with zero attached hydrogens (tertiary/aromatic N) is 2. The summed E-state index contributed by atoms with van der Waals surface area (Å²) in [6, 6.07) is 0. The molecule has 0 fully saturated rings. The number of hydrogen-bond acceptors (Lipinski definition) is 17. The number of rotatable bonds is 27. The van der Waals surface area contributed by atoms with Crippen molar-refractivity contribution in [3.8, 4) is 0 Å². The lowest BCUT2D eigenvalue weighted by molar-refractivity contribution is -0.217. The number of thioether (sulfide) groups is 8. The van der Waals surface area contributed by atoms with Crippen LogP contribution in [0.5, 0.6) is 0 Å². The van der Waals surface area contributed by atoms with Crippen LogP contribution >= 0.6 is 94.1 Å². The number of ether oxygens (including phenoxy) is 1. The molecular formula is C17H33N3O7S8. The first kappa shape index (κ1) is 35.9. The predicted octanol–water partition coefficient (Wildman–Crippen LogP) is 5.12. The van der Waals surface area contributed by atoms with E-state index in [0.717, 1.165) is 30.5 Å². The highest BCUT2D eigenvalue weighted by atomic mass is 32.3. The van der Waals surface area contributed by atoms with Gasteiger partial charge in [0, 0.05) is 44.2 Å². The number of amides is 1. The smallest absolute Gasteiger partial charge is 0.408 e. The van der Waals surface area contributed by atoms with Crippen LogP contribution in [0.4, 0.5) is 4.79 Å². The van der Waals surface area contributed by atoms with E-state index in [2.05, 4.69) is 20.2 Å². The summed E-state index contributed by atoms with van der Waals surface area (Å²) in [6.45, 7) is 0.429. The predicted molar refractivity (Wildman–Crippen MR) is 163 cm³/mol. The minimum Gasteiger partial charge on any atom is -0.438 e. The summed E-state index contributed by atoms with van der Waals surface area (Å²) in [5.41, 5.74) is 0. The molecule has 0 aromatic carbocycles. The molecule has 1 amide bonds. The van der Waals surface area contributed by atoms with Crippen LogP contribution < -0.4 is 5.32 Å². The Hall–Kier alpha value is 0.890. The summed E-state index contributed by atoms with van der Waals surface area (Å²) in [6.07, 6.45) is 2.69. The van der Waals surface area contributed by atoms with E-state index < -0.39 is 0 Å². The molecular weight excluding hydrogens is 615 g/mol. The van der Waals surface area contributed by atoms with E-state index in [1.165, 1.54) is 12.8 Å². The van der Waals surface area contributed by atoms with Gasteiger partial charge in [0.05, 0.1) is 18.4 Å². The molecule has 0 spiro atoms. The Bertz CT molecular complexity index is 516. The van der Waals surface area contributed by atoms with Crippen LogP contribution in [0.2, 0.25) is 0 Å². The van der Waals surface area contributed by atoms with Gasteiger partial charge in [0.2, 0.25) is 12.8 Å². The molecule has 0 bridgehead atoms. The number of aliphatic hydroxyl groups excluding tert-OH is 1. The monoisotopic (exact) mass is 647 g/mol. The first-order chi connectivity index (χ1) is 17.3. The van der Waals surface area contributed by atoms with Crippen molar-refractivity contribution in [1.82, 2.24) is 5.32 Å². The van der Waals surface area contributed by atoms with Crippen LogP contribution in [0, 0.1) is 0 Å². The van der Waals surface area contributed by atoms with Crippen molar-refractivity contribution < 1.29 is 34.2 Å². The largest absolute Gasteiger partial charge is 0.438 e. The van der Waals surface area contributed by atoms with Crippen molar-refractivity contribution in [2.45, 2.75) is 6.42 Å². The third-order valence-electron chi connectivity index (χ3n) is 2.68. The fraction of sp³-hybridized carbons (Fsp3) is 0.824.